The summed E-state index contributed by atoms with van der Waals surface area (Å²) < 4.78 is 0. The molecular weight excluding hydrogens is 346 g/mol. The molecule has 138 valence electrons. The first-order valence-corrected chi connectivity index (χ1v) is 11.1. The van der Waals surface area contributed by atoms with Gasteiger partial charge in [0.15, 0.2) is 0 Å². The zero-order valence-corrected chi connectivity index (χ0v) is 16.2. The summed E-state index contributed by atoms with van der Waals surface area (Å²) >= 11 is 0. The molecule has 1 fully saturated rings. The van der Waals surface area contributed by atoms with Crippen molar-refractivity contribution in [1.29, 1.82) is 0 Å². The number of carbonyl (C=O) groups is 3. The molecule has 0 aliphatic carbocycles. The molecule has 1 aliphatic heterocycles. The van der Waals surface area contributed by atoms with Crippen molar-refractivity contribution < 1.29 is 19.5 Å². The Labute approximate surface area is 152 Å². The van der Waals surface area contributed by atoms with E-state index in [1.807, 2.05) is 35.4 Å². The summed E-state index contributed by atoms with van der Waals surface area (Å²) in [5.41, 5.74) is 0. The quantitative estimate of drug-likeness (QED) is 0.400. The van der Waals surface area contributed by atoms with Gasteiger partial charge in [0, 0.05) is 42.2 Å². The molecule has 1 rings (SSSR count). The summed E-state index contributed by atoms with van der Waals surface area (Å²) in [5.74, 6) is -0.379. The molecule has 0 aromatic rings. The van der Waals surface area contributed by atoms with Gasteiger partial charge in [0.1, 0.15) is 5.78 Å². The van der Waals surface area contributed by atoms with E-state index < -0.39 is 11.9 Å². The van der Waals surface area contributed by atoms with Gasteiger partial charge in [-0.3, -0.25) is 14.4 Å². The van der Waals surface area contributed by atoms with Crippen molar-refractivity contribution >= 4 is 39.2 Å². The van der Waals surface area contributed by atoms with Gasteiger partial charge in [0.05, 0.1) is 0 Å². The summed E-state index contributed by atoms with van der Waals surface area (Å²) in [4.78, 5) is 35.0. The van der Waals surface area contributed by atoms with E-state index in [1.165, 1.54) is 12.2 Å². The van der Waals surface area contributed by atoms with Crippen LogP contribution in [0.4, 0.5) is 0 Å². The van der Waals surface area contributed by atoms with E-state index in [0.29, 0.717) is 6.42 Å². The average Bonchev–Trinajstić information content (AvgIpc) is 3.00. The zero-order chi connectivity index (χ0) is 17.9. The predicted octanol–water partition coefficient (Wildman–Crippen LogP) is 3.67. The lowest BCUT2D eigenvalue weighted by Crippen LogP contribution is -2.36. The molecule has 0 aromatic heterocycles. The van der Waals surface area contributed by atoms with Crippen molar-refractivity contribution in [2.24, 2.45) is 5.92 Å². The minimum absolute atomic E-state index is 0.0123. The fourth-order valence-corrected chi connectivity index (χ4v) is 5.69. The van der Waals surface area contributed by atoms with Crippen molar-refractivity contribution in [2.75, 3.05) is 5.75 Å². The summed E-state index contributed by atoms with van der Waals surface area (Å²) in [6.07, 6.45) is 5.09. The van der Waals surface area contributed by atoms with Crippen LogP contribution < -0.4 is 5.32 Å². The molecular formula is C17H29NO4S2. The summed E-state index contributed by atoms with van der Waals surface area (Å²) in [6, 6.07) is -0.0123. The molecule has 0 spiro atoms. The number of nitrogens with one attached hydrogen (secondary N) is 1. The highest BCUT2D eigenvalue weighted by Gasteiger charge is 2.23. The maximum Gasteiger partial charge on any atom is 0.303 e. The second-order valence-corrected chi connectivity index (χ2v) is 9.40. The summed E-state index contributed by atoms with van der Waals surface area (Å²) in [7, 11) is 3.88. The lowest BCUT2D eigenvalue weighted by atomic mass is 9.93. The Morgan fingerprint density at radius 2 is 1.96 bits per heavy atom. The monoisotopic (exact) mass is 375 g/mol. The normalized spacial score (nSPS) is 18.5. The van der Waals surface area contributed by atoms with Gasteiger partial charge in [-0.05, 0) is 39.5 Å². The molecule has 2 unspecified atom stereocenters. The van der Waals surface area contributed by atoms with E-state index in [4.69, 9.17) is 5.11 Å². The molecule has 5 nitrogen and oxygen atoms in total. The van der Waals surface area contributed by atoms with Crippen molar-refractivity contribution in [3.05, 3.63) is 0 Å². The molecule has 0 saturated carbocycles. The van der Waals surface area contributed by atoms with E-state index in [2.05, 4.69) is 5.32 Å². The Balaban J connectivity index is 2.32. The van der Waals surface area contributed by atoms with E-state index in [0.717, 1.165) is 24.5 Å². The number of ketones is 1. The molecule has 1 aliphatic rings. The predicted molar refractivity (Wildman–Crippen MR) is 100 cm³/mol. The highest BCUT2D eigenvalue weighted by molar-refractivity contribution is 8.77. The number of rotatable bonds is 12. The first kappa shape index (κ1) is 21.4. The van der Waals surface area contributed by atoms with Crippen molar-refractivity contribution in [2.45, 2.75) is 76.5 Å². The van der Waals surface area contributed by atoms with Gasteiger partial charge in [0.2, 0.25) is 5.91 Å². The van der Waals surface area contributed by atoms with Gasteiger partial charge in [-0.2, -0.15) is 0 Å². The fourth-order valence-electron chi connectivity index (χ4n) is 2.66. The number of carboxylic acid groups (broad SMARTS) is 1. The zero-order valence-electron chi connectivity index (χ0n) is 14.6. The molecule has 1 heterocycles. The molecule has 24 heavy (non-hydrogen) atoms. The van der Waals surface area contributed by atoms with Crippen LogP contribution in [0.5, 0.6) is 0 Å². The third-order valence-corrected chi connectivity index (χ3v) is 6.95. The first-order valence-electron chi connectivity index (χ1n) is 8.70. The topological polar surface area (TPSA) is 83.5 Å². The van der Waals surface area contributed by atoms with E-state index in [1.54, 1.807) is 0 Å². The second-order valence-electron chi connectivity index (χ2n) is 6.61. The molecule has 0 bridgehead atoms. The smallest absolute Gasteiger partial charge is 0.303 e. The van der Waals surface area contributed by atoms with Crippen LogP contribution in [0.25, 0.3) is 0 Å². The highest BCUT2D eigenvalue weighted by Crippen LogP contribution is 2.39. The minimum Gasteiger partial charge on any atom is -0.481 e. The Morgan fingerprint density at radius 1 is 1.21 bits per heavy atom. The largest absolute Gasteiger partial charge is 0.481 e. The van der Waals surface area contributed by atoms with Crippen LogP contribution in [0.3, 0.4) is 0 Å². The first-order chi connectivity index (χ1) is 11.4. The minimum atomic E-state index is -0.934. The van der Waals surface area contributed by atoms with Gasteiger partial charge >= 0.3 is 5.97 Å². The van der Waals surface area contributed by atoms with E-state index in [-0.39, 0.29) is 37.0 Å². The number of Topliss-reactive ketones (excluding diaryl/α,β-unsaturated/α-hetero) is 1. The fraction of sp³-hybridized carbons (Fsp3) is 0.824. The van der Waals surface area contributed by atoms with Crippen molar-refractivity contribution in [1.82, 2.24) is 5.32 Å². The van der Waals surface area contributed by atoms with Crippen molar-refractivity contribution in [3.8, 4) is 0 Å². The lowest BCUT2D eigenvalue weighted by molar-refractivity contribution is -0.138. The maximum absolute atomic E-state index is 12.1. The van der Waals surface area contributed by atoms with E-state index in [9.17, 15) is 14.4 Å². The van der Waals surface area contributed by atoms with E-state index >= 15 is 0 Å². The van der Waals surface area contributed by atoms with Crippen LogP contribution in [0, 0.1) is 5.92 Å². The Bertz CT molecular complexity index is 423. The Kier molecular flexibility index (Phi) is 10.5. The molecule has 1 amide bonds. The van der Waals surface area contributed by atoms with Crippen LogP contribution in [0.15, 0.2) is 0 Å². The molecule has 2 N–H and O–H groups in total. The lowest BCUT2D eigenvalue weighted by Gasteiger charge is -2.17. The molecule has 0 aromatic carbocycles. The van der Waals surface area contributed by atoms with Gasteiger partial charge in [-0.1, -0.05) is 28.0 Å². The SMILES string of the molecule is CC(C)NC(=O)C(CCC(=O)O)CC(=O)CCCCC1CCSS1. The number of hydrogen-bond acceptors (Lipinski definition) is 5. The van der Waals surface area contributed by atoms with Crippen LogP contribution in [-0.2, 0) is 14.4 Å². The number of carboxylic acids is 1. The van der Waals surface area contributed by atoms with Crippen molar-refractivity contribution in [3.63, 3.8) is 0 Å². The molecule has 2 atom stereocenters. The second kappa shape index (κ2) is 11.8. The van der Waals surface area contributed by atoms with Gasteiger partial charge in [-0.25, -0.2) is 0 Å². The Hall–Kier alpha value is -0.690. The Morgan fingerprint density at radius 3 is 2.54 bits per heavy atom. The molecule has 7 heteroatoms. The van der Waals surface area contributed by atoms with Crippen LogP contribution >= 0.6 is 21.6 Å². The molecule has 0 radical (unpaired) electrons. The number of hydrogen-bond donors (Lipinski definition) is 2. The summed E-state index contributed by atoms with van der Waals surface area (Å²) in [5, 5.41) is 12.3. The number of amides is 1. The third-order valence-electron chi connectivity index (χ3n) is 3.94. The number of aliphatic carboxylic acids is 1. The van der Waals surface area contributed by atoms with Gasteiger partial charge in [0.25, 0.3) is 0 Å². The average molecular weight is 376 g/mol. The molecule has 1 saturated heterocycles. The van der Waals surface area contributed by atoms with Crippen LogP contribution in [-0.4, -0.2) is 39.8 Å². The number of carbonyl (C=O) groups excluding carboxylic acids is 2. The standard InChI is InChI=1S/C17H29NO4S2/c1-12(2)18-17(22)13(7-8-16(20)21)11-14(19)5-3-4-6-15-9-10-23-24-15/h12-13,15H,3-11H2,1-2H3,(H,18,22)(H,20,21). The van der Waals surface area contributed by atoms with Gasteiger partial charge in [-0.15, -0.1) is 0 Å². The highest BCUT2D eigenvalue weighted by atomic mass is 33.1. The maximum atomic E-state index is 12.1. The number of unbranched alkanes of at least 4 members (excludes halogenated alkanes) is 1. The van der Waals surface area contributed by atoms with Crippen LogP contribution in [0.2, 0.25) is 0 Å². The van der Waals surface area contributed by atoms with Gasteiger partial charge < -0.3 is 10.4 Å². The third kappa shape index (κ3) is 9.57. The summed E-state index contributed by atoms with van der Waals surface area (Å²) in [6.45, 7) is 3.71. The van der Waals surface area contributed by atoms with Crippen LogP contribution in [0.1, 0.15) is 65.2 Å².